The second kappa shape index (κ2) is 4.76. The van der Waals surface area contributed by atoms with E-state index in [4.69, 9.17) is 4.74 Å². The maximum absolute atomic E-state index is 10.1. The lowest BCUT2D eigenvalue weighted by Crippen LogP contribution is -1.86. The number of hydrogen-bond acceptors (Lipinski definition) is 3. The first-order valence-corrected chi connectivity index (χ1v) is 4.58. The van der Waals surface area contributed by atoms with Crippen LogP contribution in [0.3, 0.4) is 0 Å². The topological polar surface area (TPSA) is 52.4 Å². The normalized spacial score (nSPS) is 10.4. The summed E-state index contributed by atoms with van der Waals surface area (Å²) >= 11 is 3.29. The molecular weight excluding hydrogens is 250 g/mol. The Morgan fingerprint density at radius 1 is 1.57 bits per heavy atom. The van der Waals surface area contributed by atoms with Crippen molar-refractivity contribution in [1.82, 2.24) is 0 Å². The van der Waals surface area contributed by atoms with Crippen LogP contribution in [0, 0.1) is 10.1 Å². The van der Waals surface area contributed by atoms with Gasteiger partial charge in [-0.2, -0.15) is 0 Å². The number of nitro groups is 1. The molecule has 1 aromatic carbocycles. The second-order valence-electron chi connectivity index (χ2n) is 2.50. The van der Waals surface area contributed by atoms with Crippen LogP contribution >= 0.6 is 15.9 Å². The highest BCUT2D eigenvalue weighted by atomic mass is 79.9. The first-order chi connectivity index (χ1) is 6.63. The molecule has 0 aliphatic rings. The summed E-state index contributed by atoms with van der Waals surface area (Å²) in [6.07, 6.45) is 2.30. The summed E-state index contributed by atoms with van der Waals surface area (Å²) in [4.78, 5) is 9.57. The molecule has 0 saturated heterocycles. The average molecular weight is 258 g/mol. The summed E-state index contributed by atoms with van der Waals surface area (Å²) in [6.45, 7) is 0. The highest BCUT2D eigenvalue weighted by Crippen LogP contribution is 2.25. The van der Waals surface area contributed by atoms with Gasteiger partial charge >= 0.3 is 0 Å². The van der Waals surface area contributed by atoms with E-state index in [0.29, 0.717) is 5.75 Å². The van der Waals surface area contributed by atoms with Crippen LogP contribution in [0.15, 0.2) is 28.9 Å². The van der Waals surface area contributed by atoms with Gasteiger partial charge in [-0.05, 0) is 33.6 Å². The van der Waals surface area contributed by atoms with Crippen LogP contribution in [0.5, 0.6) is 5.75 Å². The number of benzene rings is 1. The minimum Gasteiger partial charge on any atom is -0.496 e. The monoisotopic (exact) mass is 257 g/mol. The summed E-state index contributed by atoms with van der Waals surface area (Å²) in [7, 11) is 1.54. The molecule has 0 atom stereocenters. The van der Waals surface area contributed by atoms with Crippen molar-refractivity contribution >= 4 is 22.0 Å². The fourth-order valence-corrected chi connectivity index (χ4v) is 1.34. The molecule has 4 nitrogen and oxygen atoms in total. The molecule has 74 valence electrons. The van der Waals surface area contributed by atoms with Crippen molar-refractivity contribution < 1.29 is 9.66 Å². The molecule has 0 N–H and O–H groups in total. The summed E-state index contributed by atoms with van der Waals surface area (Å²) in [5.74, 6) is 0.649. The first kappa shape index (κ1) is 10.7. The Labute approximate surface area is 89.5 Å². The maximum Gasteiger partial charge on any atom is 0.235 e. The molecule has 0 heterocycles. The minimum absolute atomic E-state index is 0.505. The molecule has 0 radical (unpaired) electrons. The van der Waals surface area contributed by atoms with Crippen molar-refractivity contribution in [2.75, 3.05) is 7.11 Å². The Bertz CT molecular complexity index is 376. The van der Waals surface area contributed by atoms with Gasteiger partial charge in [0.1, 0.15) is 5.75 Å². The SMILES string of the molecule is COc1cc(/C=C\[N+](=O)[O-])ccc1Br. The van der Waals surface area contributed by atoms with Gasteiger partial charge in [-0.1, -0.05) is 6.07 Å². The van der Waals surface area contributed by atoms with Crippen LogP contribution in [0.2, 0.25) is 0 Å². The van der Waals surface area contributed by atoms with E-state index in [0.717, 1.165) is 16.2 Å². The van der Waals surface area contributed by atoms with Gasteiger partial charge in [0.2, 0.25) is 6.20 Å². The van der Waals surface area contributed by atoms with Crippen molar-refractivity contribution in [3.8, 4) is 5.75 Å². The average Bonchev–Trinajstić information content (AvgIpc) is 2.16. The molecule has 0 aromatic heterocycles. The summed E-state index contributed by atoms with van der Waals surface area (Å²) in [5, 5.41) is 10.1. The predicted molar refractivity (Wildman–Crippen MR) is 56.7 cm³/mol. The molecule has 0 unspecified atom stereocenters. The molecule has 0 spiro atoms. The van der Waals surface area contributed by atoms with Crippen LogP contribution in [0.25, 0.3) is 6.08 Å². The van der Waals surface area contributed by atoms with E-state index in [1.165, 1.54) is 6.08 Å². The first-order valence-electron chi connectivity index (χ1n) is 3.78. The Hall–Kier alpha value is -1.36. The highest BCUT2D eigenvalue weighted by molar-refractivity contribution is 9.10. The molecule has 14 heavy (non-hydrogen) atoms. The largest absolute Gasteiger partial charge is 0.496 e. The molecule has 0 aliphatic carbocycles. The molecule has 0 saturated carbocycles. The zero-order valence-corrected chi connectivity index (χ0v) is 9.02. The number of nitrogens with zero attached hydrogens (tertiary/aromatic N) is 1. The highest BCUT2D eigenvalue weighted by Gasteiger charge is 1.99. The number of ether oxygens (including phenoxy) is 1. The Balaban J connectivity index is 2.95. The van der Waals surface area contributed by atoms with E-state index >= 15 is 0 Å². The van der Waals surface area contributed by atoms with Crippen LogP contribution in [-0.2, 0) is 0 Å². The Morgan fingerprint density at radius 3 is 2.86 bits per heavy atom. The van der Waals surface area contributed by atoms with Gasteiger partial charge in [0.15, 0.2) is 0 Å². The van der Waals surface area contributed by atoms with Gasteiger partial charge in [-0.25, -0.2) is 0 Å². The Morgan fingerprint density at radius 2 is 2.29 bits per heavy atom. The quantitative estimate of drug-likeness (QED) is 0.618. The standard InChI is InChI=1S/C9H8BrNO3/c1-14-9-6-7(2-3-8(9)10)4-5-11(12)13/h2-6H,1H3/b5-4-. The van der Waals surface area contributed by atoms with Crippen molar-refractivity contribution in [1.29, 1.82) is 0 Å². The lowest BCUT2D eigenvalue weighted by Gasteiger charge is -2.02. The van der Waals surface area contributed by atoms with Gasteiger partial charge in [0.25, 0.3) is 0 Å². The molecular formula is C9H8BrNO3. The fourth-order valence-electron chi connectivity index (χ4n) is 0.927. The van der Waals surface area contributed by atoms with Crippen molar-refractivity contribution in [3.05, 3.63) is 44.5 Å². The number of hydrogen-bond donors (Lipinski definition) is 0. The van der Waals surface area contributed by atoms with E-state index in [2.05, 4.69) is 15.9 Å². The van der Waals surface area contributed by atoms with E-state index in [1.807, 2.05) is 0 Å². The molecule has 0 bridgehead atoms. The smallest absolute Gasteiger partial charge is 0.235 e. The second-order valence-corrected chi connectivity index (χ2v) is 3.35. The summed E-state index contributed by atoms with van der Waals surface area (Å²) in [6, 6.07) is 5.25. The van der Waals surface area contributed by atoms with E-state index in [-0.39, 0.29) is 0 Å². The third-order valence-electron chi connectivity index (χ3n) is 1.56. The molecule has 0 fully saturated rings. The van der Waals surface area contributed by atoms with Gasteiger partial charge in [-0.15, -0.1) is 0 Å². The fraction of sp³-hybridized carbons (Fsp3) is 0.111. The van der Waals surface area contributed by atoms with E-state index < -0.39 is 4.92 Å². The van der Waals surface area contributed by atoms with Crippen LogP contribution in [0.1, 0.15) is 5.56 Å². The van der Waals surface area contributed by atoms with E-state index in [1.54, 1.807) is 25.3 Å². The third kappa shape index (κ3) is 2.85. The van der Waals surface area contributed by atoms with Crippen LogP contribution < -0.4 is 4.74 Å². The molecule has 0 amide bonds. The van der Waals surface area contributed by atoms with Crippen LogP contribution in [0.4, 0.5) is 0 Å². The van der Waals surface area contributed by atoms with Gasteiger partial charge in [0, 0.05) is 6.08 Å². The van der Waals surface area contributed by atoms with Crippen molar-refractivity contribution in [2.45, 2.75) is 0 Å². The maximum atomic E-state index is 10.1. The van der Waals surface area contributed by atoms with Gasteiger partial charge in [-0.3, -0.25) is 10.1 Å². The predicted octanol–water partition coefficient (Wildman–Crippen LogP) is 2.71. The lowest BCUT2D eigenvalue weighted by molar-refractivity contribution is -0.400. The summed E-state index contributed by atoms with van der Waals surface area (Å²) < 4.78 is 5.86. The van der Waals surface area contributed by atoms with Gasteiger partial charge in [0.05, 0.1) is 16.5 Å². The Kier molecular flexibility index (Phi) is 3.64. The lowest BCUT2D eigenvalue weighted by atomic mass is 10.2. The van der Waals surface area contributed by atoms with Gasteiger partial charge < -0.3 is 4.74 Å². The number of halogens is 1. The van der Waals surface area contributed by atoms with Crippen LogP contribution in [-0.4, -0.2) is 12.0 Å². The number of rotatable bonds is 3. The minimum atomic E-state index is -0.505. The number of methoxy groups -OCH3 is 1. The zero-order chi connectivity index (χ0) is 10.6. The molecule has 1 aromatic rings. The van der Waals surface area contributed by atoms with Crippen molar-refractivity contribution in [3.63, 3.8) is 0 Å². The van der Waals surface area contributed by atoms with Crippen molar-refractivity contribution in [2.24, 2.45) is 0 Å². The molecule has 5 heteroatoms. The third-order valence-corrected chi connectivity index (χ3v) is 2.22. The molecule has 1 rings (SSSR count). The zero-order valence-electron chi connectivity index (χ0n) is 7.44. The van der Waals surface area contributed by atoms with E-state index in [9.17, 15) is 10.1 Å². The molecule has 0 aliphatic heterocycles. The summed E-state index contributed by atoms with van der Waals surface area (Å²) in [5.41, 5.74) is 0.724.